The van der Waals surface area contributed by atoms with E-state index < -0.39 is 43.6 Å². The topological polar surface area (TPSA) is 170 Å². The van der Waals surface area contributed by atoms with E-state index in [1.807, 2.05) is 0 Å². The van der Waals surface area contributed by atoms with Crippen molar-refractivity contribution in [1.82, 2.24) is 24.6 Å². The monoisotopic (exact) mass is 514 g/mol. The van der Waals surface area contributed by atoms with Crippen LogP contribution in [0.4, 0.5) is 5.82 Å². The van der Waals surface area contributed by atoms with Gasteiger partial charge in [0.25, 0.3) is 7.52 Å². The molecule has 2 aromatic heterocycles. The molecule has 0 amide bonds. The molecule has 0 bridgehead atoms. The molecular weight excluding hydrogens is 479 g/mol. The number of ether oxygens (including phenoxy) is 3. The largest absolute Gasteiger partial charge is 0.464 e. The summed E-state index contributed by atoms with van der Waals surface area (Å²) < 4.78 is 37.1. The van der Waals surface area contributed by atoms with Crippen molar-refractivity contribution in [3.05, 3.63) is 12.7 Å². The van der Waals surface area contributed by atoms with Crippen molar-refractivity contribution < 1.29 is 32.9 Å². The highest BCUT2D eigenvalue weighted by Crippen LogP contribution is 2.46. The number of aromatic nitrogens is 4. The molecule has 35 heavy (non-hydrogen) atoms. The first-order valence-corrected chi connectivity index (χ1v) is 13.1. The molecule has 2 rings (SSSR count). The number of imidazole rings is 1. The van der Waals surface area contributed by atoms with Gasteiger partial charge in [-0.05, 0) is 48.5 Å². The smallest absolute Gasteiger partial charge is 0.335 e. The van der Waals surface area contributed by atoms with Crippen LogP contribution in [0.25, 0.3) is 11.2 Å². The molecule has 3 atom stereocenters. The van der Waals surface area contributed by atoms with Gasteiger partial charge in [0.2, 0.25) is 0 Å². The third-order valence-electron chi connectivity index (χ3n) is 4.66. The summed E-state index contributed by atoms with van der Waals surface area (Å²) in [7, 11) is -3.92. The van der Waals surface area contributed by atoms with Crippen LogP contribution in [0.5, 0.6) is 0 Å². The molecule has 0 fully saturated rings. The van der Waals surface area contributed by atoms with Gasteiger partial charge in [-0.1, -0.05) is 0 Å². The van der Waals surface area contributed by atoms with Gasteiger partial charge in [-0.25, -0.2) is 24.8 Å². The number of anilines is 1. The lowest BCUT2D eigenvalue weighted by Gasteiger charge is -2.32. The summed E-state index contributed by atoms with van der Waals surface area (Å²) in [6.45, 7) is 11.7. The predicted octanol–water partition coefficient (Wildman–Crippen LogP) is 2.25. The second-order valence-electron chi connectivity index (χ2n) is 8.80. The van der Waals surface area contributed by atoms with Crippen LogP contribution in [0, 0.1) is 0 Å². The van der Waals surface area contributed by atoms with Gasteiger partial charge >= 0.3 is 11.9 Å². The maximum absolute atomic E-state index is 13.8. The highest BCUT2D eigenvalue weighted by molar-refractivity contribution is 7.56. The summed E-state index contributed by atoms with van der Waals surface area (Å²) in [6.07, 6.45) is 0.439. The number of hydrogen-bond acceptors (Lipinski definition) is 11. The van der Waals surface area contributed by atoms with Crippen LogP contribution in [0.1, 0.15) is 48.5 Å². The van der Waals surface area contributed by atoms with Crippen LogP contribution in [0.3, 0.4) is 0 Å². The summed E-state index contributed by atoms with van der Waals surface area (Å²) in [5.41, 5.74) is 5.42. The predicted molar refractivity (Wildman–Crippen MR) is 128 cm³/mol. The van der Waals surface area contributed by atoms with Crippen LogP contribution in [0.15, 0.2) is 12.7 Å². The minimum absolute atomic E-state index is 0.136. The first-order chi connectivity index (χ1) is 16.3. The van der Waals surface area contributed by atoms with Gasteiger partial charge in [0.05, 0.1) is 31.7 Å². The number of nitrogen functional groups attached to an aromatic ring is 1. The van der Waals surface area contributed by atoms with E-state index >= 15 is 0 Å². The van der Waals surface area contributed by atoms with Gasteiger partial charge in [0, 0.05) is 0 Å². The van der Waals surface area contributed by atoms with E-state index in [1.54, 1.807) is 38.6 Å². The molecule has 0 aliphatic carbocycles. The highest BCUT2D eigenvalue weighted by Gasteiger charge is 2.41. The zero-order valence-electron chi connectivity index (χ0n) is 21.2. The van der Waals surface area contributed by atoms with Crippen molar-refractivity contribution >= 4 is 36.4 Å². The van der Waals surface area contributed by atoms with Crippen molar-refractivity contribution in [2.75, 3.05) is 18.7 Å². The fraction of sp³-hybridized carbons (Fsp3) is 0.667. The zero-order chi connectivity index (χ0) is 26.4. The number of nitrogens with zero attached hydrogens (tertiary/aromatic N) is 4. The van der Waals surface area contributed by atoms with E-state index in [-0.39, 0.29) is 18.5 Å². The molecule has 0 aliphatic heterocycles. The molecule has 2 heterocycles. The van der Waals surface area contributed by atoms with Crippen LogP contribution >= 0.6 is 7.52 Å². The van der Waals surface area contributed by atoms with Crippen molar-refractivity contribution in [3.63, 3.8) is 0 Å². The maximum Gasteiger partial charge on any atom is 0.335 e. The summed E-state index contributed by atoms with van der Waals surface area (Å²) in [5, 5.41) is 2.72. The second-order valence-corrected chi connectivity index (χ2v) is 10.8. The molecule has 0 aromatic carbocycles. The zero-order valence-corrected chi connectivity index (χ0v) is 22.1. The van der Waals surface area contributed by atoms with Gasteiger partial charge in [-0.2, -0.15) is 0 Å². The van der Waals surface area contributed by atoms with Crippen molar-refractivity contribution in [2.45, 2.75) is 78.9 Å². The van der Waals surface area contributed by atoms with Gasteiger partial charge < -0.3 is 29.0 Å². The summed E-state index contributed by atoms with van der Waals surface area (Å²) >= 11 is 0. The number of esters is 2. The molecule has 0 spiro atoms. The van der Waals surface area contributed by atoms with Crippen molar-refractivity contribution in [3.8, 4) is 0 Å². The molecule has 0 saturated carbocycles. The quantitative estimate of drug-likeness (QED) is 0.296. The Morgan fingerprint density at radius 1 is 1.20 bits per heavy atom. The lowest BCUT2D eigenvalue weighted by Crippen LogP contribution is -2.48. The average Bonchev–Trinajstić information content (AvgIpc) is 3.15. The highest BCUT2D eigenvalue weighted by atomic mass is 31.2. The molecular formula is C21H35N6O7P. The van der Waals surface area contributed by atoms with E-state index in [1.165, 1.54) is 27.1 Å². The normalized spacial score (nSPS) is 15.5. The number of nitrogens with two attached hydrogens (primary N) is 1. The standard InChI is InChI=1S/C21H35N6O7P/c1-8-31-19(28)15(5)34-35(30,26-21(6,7)20(29)33-13(2)3)12-32-14(4)9-27-11-25-16-17(22)23-10-24-18(16)27/h10-11,13-15H,8-9,12H2,1-7H3,(H,26,30)(H2,22,23,24)/t14-,15+,35?/m1/s1. The van der Waals surface area contributed by atoms with Crippen molar-refractivity contribution in [1.29, 1.82) is 0 Å². The van der Waals surface area contributed by atoms with E-state index in [4.69, 9.17) is 24.5 Å². The van der Waals surface area contributed by atoms with E-state index in [9.17, 15) is 14.2 Å². The number of carbonyl (C=O) groups excluding carboxylic acids is 2. The lowest BCUT2D eigenvalue weighted by molar-refractivity contribution is -0.153. The van der Waals surface area contributed by atoms with Gasteiger partial charge in [0.15, 0.2) is 17.6 Å². The Morgan fingerprint density at radius 2 is 1.89 bits per heavy atom. The lowest BCUT2D eigenvalue weighted by atomic mass is 10.1. The molecule has 3 N–H and O–H groups in total. The number of nitrogens with one attached hydrogen (secondary N) is 1. The minimum Gasteiger partial charge on any atom is -0.464 e. The third-order valence-corrected chi connectivity index (χ3v) is 6.71. The molecule has 1 unspecified atom stereocenters. The fourth-order valence-electron chi connectivity index (χ4n) is 3.07. The Balaban J connectivity index is 2.17. The first-order valence-electron chi connectivity index (χ1n) is 11.3. The number of hydrogen-bond donors (Lipinski definition) is 2. The maximum atomic E-state index is 13.8. The Labute approximate surface area is 204 Å². The van der Waals surface area contributed by atoms with E-state index in [0.717, 1.165) is 0 Å². The van der Waals surface area contributed by atoms with E-state index in [2.05, 4.69) is 20.0 Å². The Hall–Kier alpha value is -2.60. The molecule has 0 aliphatic rings. The fourth-order valence-corrected chi connectivity index (χ4v) is 5.24. The second kappa shape index (κ2) is 11.9. The van der Waals surface area contributed by atoms with Gasteiger partial charge in [-0.15, -0.1) is 0 Å². The van der Waals surface area contributed by atoms with Gasteiger partial charge in [-0.3, -0.25) is 9.36 Å². The first kappa shape index (κ1) is 28.6. The Bertz CT molecular complexity index is 1070. The van der Waals surface area contributed by atoms with Crippen LogP contribution in [-0.2, 0) is 39.4 Å². The minimum atomic E-state index is -3.92. The van der Waals surface area contributed by atoms with Gasteiger partial charge in [0.1, 0.15) is 23.7 Å². The number of fused-ring (bicyclic) bond motifs is 1. The van der Waals surface area contributed by atoms with Crippen LogP contribution in [-0.4, -0.2) is 68.3 Å². The van der Waals surface area contributed by atoms with Crippen LogP contribution < -0.4 is 10.8 Å². The number of carbonyl (C=O) groups is 2. The molecule has 0 radical (unpaired) electrons. The summed E-state index contributed by atoms with van der Waals surface area (Å²) in [6, 6.07) is 0. The molecule has 14 heteroatoms. The van der Waals surface area contributed by atoms with Crippen molar-refractivity contribution in [2.24, 2.45) is 0 Å². The Kier molecular flexibility index (Phi) is 9.73. The summed E-state index contributed by atoms with van der Waals surface area (Å²) in [4.78, 5) is 37.0. The third kappa shape index (κ3) is 7.96. The number of rotatable bonds is 13. The SMILES string of the molecule is CCOC(=O)[C@H](C)OP(=O)(CO[C@H](C)Cn1cnc2c(N)ncnc21)NC(C)(C)C(=O)OC(C)C. The molecule has 13 nitrogen and oxygen atoms in total. The van der Waals surface area contributed by atoms with Crippen LogP contribution in [0.2, 0.25) is 0 Å². The van der Waals surface area contributed by atoms with E-state index in [0.29, 0.717) is 17.7 Å². The summed E-state index contributed by atoms with van der Waals surface area (Å²) in [5.74, 6) is -1.06. The molecule has 0 saturated heterocycles. The molecule has 2 aromatic rings. The average molecular weight is 515 g/mol. The Morgan fingerprint density at radius 3 is 2.51 bits per heavy atom. The molecule has 196 valence electrons.